The maximum absolute atomic E-state index is 13.9. The molecule has 0 bridgehead atoms. The van der Waals surface area contributed by atoms with Crippen LogP contribution in [0.5, 0.6) is 0 Å². The van der Waals surface area contributed by atoms with Gasteiger partial charge in [-0.1, -0.05) is 31.7 Å². The van der Waals surface area contributed by atoms with Crippen LogP contribution in [0.4, 0.5) is 5.69 Å². The van der Waals surface area contributed by atoms with Crippen molar-refractivity contribution in [2.45, 2.75) is 82.8 Å². The topological polar surface area (TPSA) is 123 Å². The predicted octanol–water partition coefficient (Wildman–Crippen LogP) is 0.251. The lowest BCUT2D eigenvalue weighted by molar-refractivity contribution is -0.734. The maximum Gasteiger partial charge on any atom is 0.291 e. The summed E-state index contributed by atoms with van der Waals surface area (Å²) in [5.41, 5.74) is 2.16. The fraction of sp³-hybridized carbons (Fsp3) is 0.600. The van der Waals surface area contributed by atoms with Gasteiger partial charge in [-0.15, -0.1) is 0 Å². The molecule has 3 N–H and O–H groups in total. The minimum absolute atomic E-state index is 0.138. The van der Waals surface area contributed by atoms with E-state index >= 15 is 0 Å². The van der Waals surface area contributed by atoms with Crippen LogP contribution in [0, 0.1) is 25.7 Å². The lowest BCUT2D eigenvalue weighted by Crippen LogP contribution is -2.99. The highest BCUT2D eigenvalue weighted by atomic mass is 16.4. The lowest BCUT2D eigenvalue weighted by Gasteiger charge is -2.30. The van der Waals surface area contributed by atoms with Gasteiger partial charge in [0.1, 0.15) is 17.9 Å². The van der Waals surface area contributed by atoms with Crippen LogP contribution in [0.15, 0.2) is 12.1 Å². The van der Waals surface area contributed by atoms with Crippen molar-refractivity contribution in [3.05, 3.63) is 28.8 Å². The van der Waals surface area contributed by atoms with Gasteiger partial charge < -0.3 is 20.5 Å². The van der Waals surface area contributed by atoms with E-state index in [-0.39, 0.29) is 36.6 Å². The third-order valence-electron chi connectivity index (χ3n) is 8.48. The smallest absolute Gasteiger partial charge is 0.291 e. The molecule has 4 atom stereocenters. The number of carbonyl (C=O) groups is 4. The van der Waals surface area contributed by atoms with Crippen molar-refractivity contribution in [2.24, 2.45) is 11.8 Å². The zero-order chi connectivity index (χ0) is 23.5. The number of aryl methyl sites for hydroxylation is 1. The first-order valence-corrected chi connectivity index (χ1v) is 12.1. The Balaban J connectivity index is 1.61. The SMILES string of the molecule is Cc1ccc2c(c1C)NC(=O)[C@]21[NH2+][C@@H](CCC(=O)[O-])[C@H]2C(=O)N(C3CCCCCC3)C(=O)[C@H]21. The number of carboxylic acids is 1. The molecule has 1 aliphatic carbocycles. The van der Waals surface area contributed by atoms with E-state index in [0.29, 0.717) is 5.69 Å². The van der Waals surface area contributed by atoms with E-state index < -0.39 is 29.4 Å². The number of carbonyl (C=O) groups excluding carboxylic acids is 4. The average Bonchev–Trinajstić information content (AvgIpc) is 3.24. The Morgan fingerprint density at radius 3 is 2.48 bits per heavy atom. The first kappa shape index (κ1) is 22.1. The second kappa shape index (κ2) is 7.94. The number of anilines is 1. The van der Waals surface area contributed by atoms with Gasteiger partial charge in [-0.3, -0.25) is 19.3 Å². The fourth-order valence-electron chi connectivity index (χ4n) is 6.73. The number of nitrogens with two attached hydrogens (primary N) is 1. The quantitative estimate of drug-likeness (QED) is 0.500. The van der Waals surface area contributed by atoms with Gasteiger partial charge in [-0.25, -0.2) is 0 Å². The van der Waals surface area contributed by atoms with Gasteiger partial charge in [-0.2, -0.15) is 0 Å². The average molecular weight is 454 g/mol. The molecule has 2 saturated heterocycles. The molecule has 3 fully saturated rings. The monoisotopic (exact) mass is 453 g/mol. The minimum Gasteiger partial charge on any atom is -0.550 e. The van der Waals surface area contributed by atoms with Gasteiger partial charge in [-0.05, 0) is 50.3 Å². The van der Waals surface area contributed by atoms with Crippen LogP contribution in [-0.2, 0) is 24.7 Å². The molecule has 1 spiro atoms. The first-order valence-electron chi connectivity index (χ1n) is 12.1. The number of likely N-dealkylation sites (tertiary alicyclic amines) is 1. The Kier molecular flexibility index (Phi) is 5.31. The number of fused-ring (bicyclic) bond motifs is 4. The van der Waals surface area contributed by atoms with Crippen LogP contribution in [0.2, 0.25) is 0 Å². The van der Waals surface area contributed by atoms with Crippen molar-refractivity contribution in [1.29, 1.82) is 0 Å². The molecule has 5 rings (SSSR count). The summed E-state index contributed by atoms with van der Waals surface area (Å²) in [6, 6.07) is 3.22. The van der Waals surface area contributed by atoms with Crippen molar-refractivity contribution < 1.29 is 29.6 Å². The highest BCUT2D eigenvalue weighted by Gasteiger charge is 2.74. The normalized spacial score (nSPS) is 31.6. The van der Waals surface area contributed by atoms with Crippen molar-refractivity contribution in [2.75, 3.05) is 5.32 Å². The van der Waals surface area contributed by atoms with E-state index in [2.05, 4.69) is 5.32 Å². The number of hydrogen-bond donors (Lipinski definition) is 2. The van der Waals surface area contributed by atoms with E-state index in [9.17, 15) is 24.3 Å². The van der Waals surface area contributed by atoms with Gasteiger partial charge in [0.25, 0.3) is 5.91 Å². The maximum atomic E-state index is 13.9. The van der Waals surface area contributed by atoms with Crippen LogP contribution in [-0.4, -0.2) is 40.7 Å². The molecule has 3 heterocycles. The Morgan fingerprint density at radius 2 is 1.82 bits per heavy atom. The molecule has 176 valence electrons. The number of nitrogens with zero attached hydrogens (tertiary/aromatic N) is 1. The van der Waals surface area contributed by atoms with Crippen LogP contribution in [0.25, 0.3) is 0 Å². The molecular weight excluding hydrogens is 422 g/mol. The molecule has 3 amide bonds. The third kappa shape index (κ3) is 3.14. The van der Waals surface area contributed by atoms with Crippen LogP contribution in [0.1, 0.15) is 68.1 Å². The Bertz CT molecular complexity index is 1040. The molecule has 8 heteroatoms. The summed E-state index contributed by atoms with van der Waals surface area (Å²) < 4.78 is 0. The molecule has 1 aromatic rings. The van der Waals surface area contributed by atoms with E-state index in [4.69, 9.17) is 0 Å². The summed E-state index contributed by atoms with van der Waals surface area (Å²) in [7, 11) is 0. The summed E-state index contributed by atoms with van der Waals surface area (Å²) in [6.07, 6.45) is 5.69. The van der Waals surface area contributed by atoms with Gasteiger partial charge in [0.05, 0.1) is 5.69 Å². The molecule has 4 aliphatic rings. The molecule has 1 aromatic carbocycles. The molecule has 1 saturated carbocycles. The van der Waals surface area contributed by atoms with Crippen molar-refractivity contribution in [3.63, 3.8) is 0 Å². The number of amides is 3. The highest BCUT2D eigenvalue weighted by Crippen LogP contribution is 2.51. The van der Waals surface area contributed by atoms with Crippen molar-refractivity contribution in [1.82, 2.24) is 4.90 Å². The predicted molar refractivity (Wildman–Crippen MR) is 117 cm³/mol. The van der Waals surface area contributed by atoms with Crippen LogP contribution < -0.4 is 15.7 Å². The zero-order valence-corrected chi connectivity index (χ0v) is 19.2. The minimum atomic E-state index is -1.25. The number of rotatable bonds is 4. The number of nitrogens with one attached hydrogen (secondary N) is 1. The third-order valence-corrected chi connectivity index (χ3v) is 8.48. The number of quaternary nitrogens is 1. The number of hydrogen-bond acceptors (Lipinski definition) is 5. The molecule has 0 aromatic heterocycles. The summed E-state index contributed by atoms with van der Waals surface area (Å²) in [5, 5.41) is 16.0. The highest BCUT2D eigenvalue weighted by molar-refractivity contribution is 6.14. The number of benzene rings is 1. The first-order chi connectivity index (χ1) is 15.8. The number of imide groups is 1. The fourth-order valence-corrected chi connectivity index (χ4v) is 6.73. The Morgan fingerprint density at radius 1 is 1.12 bits per heavy atom. The molecule has 3 aliphatic heterocycles. The summed E-state index contributed by atoms with van der Waals surface area (Å²) in [4.78, 5) is 53.9. The van der Waals surface area contributed by atoms with E-state index in [1.165, 1.54) is 4.90 Å². The van der Waals surface area contributed by atoms with Gasteiger partial charge in [0.2, 0.25) is 17.4 Å². The largest absolute Gasteiger partial charge is 0.550 e. The molecule has 0 radical (unpaired) electrons. The van der Waals surface area contributed by atoms with Gasteiger partial charge in [0.15, 0.2) is 0 Å². The second-order valence-corrected chi connectivity index (χ2v) is 10.2. The Hall–Kier alpha value is -2.74. The molecular formula is C25H31N3O5. The lowest BCUT2D eigenvalue weighted by atomic mass is 9.76. The van der Waals surface area contributed by atoms with E-state index in [0.717, 1.165) is 55.2 Å². The molecule has 33 heavy (non-hydrogen) atoms. The number of carboxylic acid groups (broad SMARTS) is 1. The summed E-state index contributed by atoms with van der Waals surface area (Å²) in [6.45, 7) is 3.90. The second-order valence-electron chi connectivity index (χ2n) is 10.2. The summed E-state index contributed by atoms with van der Waals surface area (Å²) >= 11 is 0. The zero-order valence-electron chi connectivity index (χ0n) is 19.2. The van der Waals surface area contributed by atoms with Crippen LogP contribution in [0.3, 0.4) is 0 Å². The van der Waals surface area contributed by atoms with Crippen LogP contribution >= 0.6 is 0 Å². The van der Waals surface area contributed by atoms with Gasteiger partial charge >= 0.3 is 0 Å². The summed E-state index contributed by atoms with van der Waals surface area (Å²) in [5.74, 6) is -3.53. The number of aliphatic carboxylic acids is 1. The van der Waals surface area contributed by atoms with E-state index in [1.54, 1.807) is 5.32 Å². The Labute approximate surface area is 193 Å². The standard InChI is InChI=1S/C25H31N3O5/c1-13-9-10-16-21(14(13)2)26-24(33)25(16)20-19(17(27-25)11-12-18(29)30)22(31)28(23(20)32)15-7-5-3-4-6-8-15/h9-10,15,17,19-20,27H,3-8,11-12H2,1-2H3,(H,26,33)(H,29,30)/t17-,19+,20-,25-/m0/s1. The van der Waals surface area contributed by atoms with Crippen molar-refractivity contribution >= 4 is 29.4 Å². The van der Waals surface area contributed by atoms with Crippen molar-refractivity contribution in [3.8, 4) is 0 Å². The molecule has 0 unspecified atom stereocenters. The molecule has 8 nitrogen and oxygen atoms in total. The van der Waals surface area contributed by atoms with E-state index in [1.807, 2.05) is 26.0 Å². The van der Waals surface area contributed by atoms with Gasteiger partial charge in [0, 0.05) is 24.0 Å².